The van der Waals surface area contributed by atoms with E-state index in [4.69, 9.17) is 9.26 Å². The molecule has 1 N–H and O–H groups in total. The molecule has 7 heteroatoms. The maximum atomic E-state index is 12.4. The number of carbonyl (C=O) groups is 1. The maximum absolute atomic E-state index is 12.4. The number of nitrogens with zero attached hydrogens (tertiary/aromatic N) is 2. The van der Waals surface area contributed by atoms with Crippen molar-refractivity contribution in [2.75, 3.05) is 7.11 Å². The van der Waals surface area contributed by atoms with Gasteiger partial charge < -0.3 is 14.6 Å². The van der Waals surface area contributed by atoms with Crippen molar-refractivity contribution in [3.63, 3.8) is 0 Å². The molecule has 0 unspecified atom stereocenters. The molecule has 1 heterocycles. The fraction of sp³-hybridized carbons (Fsp3) is 0.125. The minimum atomic E-state index is -0.191. The van der Waals surface area contributed by atoms with Crippen LogP contribution in [0.2, 0.25) is 0 Å². The molecule has 0 aliphatic rings. The molecule has 0 spiro atoms. The lowest BCUT2D eigenvalue weighted by molar-refractivity contribution is 0.0946. The van der Waals surface area contributed by atoms with Gasteiger partial charge in [0.25, 0.3) is 5.91 Å². The maximum Gasteiger partial charge on any atom is 0.251 e. The van der Waals surface area contributed by atoms with Gasteiger partial charge in [0.05, 0.1) is 13.7 Å². The zero-order valence-electron chi connectivity index (χ0n) is 16.9. The zero-order chi connectivity index (χ0) is 21.5. The van der Waals surface area contributed by atoms with Crippen LogP contribution in [0.3, 0.4) is 0 Å². The molecule has 3 aromatic carbocycles. The quantitative estimate of drug-likeness (QED) is 0.397. The first-order valence-electron chi connectivity index (χ1n) is 9.73. The Morgan fingerprint density at radius 2 is 1.84 bits per heavy atom. The molecule has 0 radical (unpaired) electrons. The highest BCUT2D eigenvalue weighted by molar-refractivity contribution is 7.98. The summed E-state index contributed by atoms with van der Waals surface area (Å²) in [5, 5.41) is 6.79. The van der Waals surface area contributed by atoms with Crippen LogP contribution in [0.5, 0.6) is 5.75 Å². The number of nitrogens with one attached hydrogen (secondary N) is 1. The van der Waals surface area contributed by atoms with Gasteiger partial charge in [-0.3, -0.25) is 4.79 Å². The molecule has 4 aromatic rings. The number of benzene rings is 3. The molecule has 1 amide bonds. The first kappa shape index (κ1) is 20.7. The molecule has 0 saturated carbocycles. The molecule has 0 aliphatic heterocycles. The van der Waals surface area contributed by atoms with Crippen LogP contribution in [0.25, 0.3) is 11.4 Å². The monoisotopic (exact) mass is 431 g/mol. The summed E-state index contributed by atoms with van der Waals surface area (Å²) in [7, 11) is 1.60. The lowest BCUT2D eigenvalue weighted by Gasteiger charge is -2.05. The molecule has 0 atom stereocenters. The number of aromatic nitrogens is 2. The van der Waals surface area contributed by atoms with Crippen molar-refractivity contribution in [1.82, 2.24) is 15.5 Å². The first-order chi connectivity index (χ1) is 15.2. The highest BCUT2D eigenvalue weighted by Gasteiger charge is 2.12. The number of thioether (sulfide) groups is 1. The van der Waals surface area contributed by atoms with E-state index in [9.17, 15) is 4.79 Å². The van der Waals surface area contributed by atoms with Crippen LogP contribution in [-0.2, 0) is 12.3 Å². The molecule has 156 valence electrons. The van der Waals surface area contributed by atoms with E-state index in [-0.39, 0.29) is 12.5 Å². The average Bonchev–Trinajstić information content (AvgIpc) is 3.31. The van der Waals surface area contributed by atoms with Gasteiger partial charge >= 0.3 is 0 Å². The second-order valence-corrected chi connectivity index (χ2v) is 7.77. The number of amides is 1. The third-order valence-corrected chi connectivity index (χ3v) is 5.64. The number of ether oxygens (including phenoxy) is 1. The summed E-state index contributed by atoms with van der Waals surface area (Å²) in [6.45, 7) is 0.154. The van der Waals surface area contributed by atoms with E-state index in [0.717, 1.165) is 16.9 Å². The fourth-order valence-electron chi connectivity index (χ4n) is 2.90. The van der Waals surface area contributed by atoms with E-state index in [1.807, 2.05) is 66.7 Å². The molecule has 0 fully saturated rings. The summed E-state index contributed by atoms with van der Waals surface area (Å²) in [6.07, 6.45) is 0. The van der Waals surface area contributed by atoms with Crippen molar-refractivity contribution >= 4 is 17.7 Å². The van der Waals surface area contributed by atoms with Crippen molar-refractivity contribution in [3.05, 3.63) is 95.9 Å². The predicted molar refractivity (Wildman–Crippen MR) is 120 cm³/mol. The highest BCUT2D eigenvalue weighted by Crippen LogP contribution is 2.23. The first-order valence-corrected chi connectivity index (χ1v) is 10.7. The Morgan fingerprint density at radius 1 is 1.03 bits per heavy atom. The molecule has 6 nitrogen and oxygen atoms in total. The van der Waals surface area contributed by atoms with E-state index in [1.165, 1.54) is 4.90 Å². The van der Waals surface area contributed by atoms with Crippen LogP contribution in [0.1, 0.15) is 21.8 Å². The van der Waals surface area contributed by atoms with Crippen LogP contribution in [0, 0.1) is 0 Å². The second-order valence-electron chi connectivity index (χ2n) is 6.73. The minimum Gasteiger partial charge on any atom is -0.497 e. The van der Waals surface area contributed by atoms with Crippen molar-refractivity contribution in [2.24, 2.45) is 0 Å². The summed E-state index contributed by atoms with van der Waals surface area (Å²) in [5.41, 5.74) is 2.52. The van der Waals surface area contributed by atoms with Gasteiger partial charge in [0, 0.05) is 21.8 Å². The number of hydrogen-bond donors (Lipinski definition) is 1. The van der Waals surface area contributed by atoms with Crippen LogP contribution < -0.4 is 10.1 Å². The summed E-state index contributed by atoms with van der Waals surface area (Å²) >= 11 is 1.76. The highest BCUT2D eigenvalue weighted by atomic mass is 32.2. The van der Waals surface area contributed by atoms with Crippen molar-refractivity contribution < 1.29 is 14.1 Å². The lowest BCUT2D eigenvalue weighted by atomic mass is 10.1. The van der Waals surface area contributed by atoms with E-state index in [1.54, 1.807) is 18.9 Å². The molecular weight excluding hydrogens is 410 g/mol. The van der Waals surface area contributed by atoms with E-state index < -0.39 is 0 Å². The van der Waals surface area contributed by atoms with Gasteiger partial charge in [-0.1, -0.05) is 47.6 Å². The summed E-state index contributed by atoms with van der Waals surface area (Å²) in [5.74, 6) is 2.15. The molecule has 0 aliphatic carbocycles. The number of rotatable bonds is 8. The molecule has 0 saturated heterocycles. The van der Waals surface area contributed by atoms with Crippen LogP contribution in [0.4, 0.5) is 0 Å². The Bertz CT molecular complexity index is 1140. The SMILES string of the molecule is COc1cccc(-c2noc(CNC(=O)c3ccc(CSc4ccccc4)cc3)n2)c1. The Hall–Kier alpha value is -3.58. The standard InChI is InChI=1S/C24H21N3O3S/c1-29-20-7-5-6-19(14-20)23-26-22(30-27-23)15-25-24(28)18-12-10-17(11-13-18)16-31-21-8-3-2-4-9-21/h2-14H,15-16H2,1H3,(H,25,28). The van der Waals surface area contributed by atoms with Crippen LogP contribution in [0.15, 0.2) is 88.3 Å². The van der Waals surface area contributed by atoms with Crippen molar-refractivity contribution in [3.8, 4) is 17.1 Å². The lowest BCUT2D eigenvalue weighted by Crippen LogP contribution is -2.22. The number of carbonyl (C=O) groups excluding carboxylic acids is 1. The molecule has 1 aromatic heterocycles. The van der Waals surface area contributed by atoms with Gasteiger partial charge in [-0.15, -0.1) is 11.8 Å². The van der Waals surface area contributed by atoms with E-state index in [0.29, 0.717) is 23.0 Å². The van der Waals surface area contributed by atoms with Gasteiger partial charge in [-0.25, -0.2) is 0 Å². The molecule has 0 bridgehead atoms. The van der Waals surface area contributed by atoms with Gasteiger partial charge in [-0.2, -0.15) is 4.98 Å². The topological polar surface area (TPSA) is 77.3 Å². The third kappa shape index (κ3) is 5.52. The normalized spacial score (nSPS) is 10.6. The van der Waals surface area contributed by atoms with Crippen molar-refractivity contribution in [1.29, 1.82) is 0 Å². The fourth-order valence-corrected chi connectivity index (χ4v) is 3.78. The van der Waals surface area contributed by atoms with Gasteiger partial charge in [0.15, 0.2) is 0 Å². The van der Waals surface area contributed by atoms with Gasteiger partial charge in [-0.05, 0) is 42.0 Å². The van der Waals surface area contributed by atoms with Crippen LogP contribution >= 0.6 is 11.8 Å². The number of methoxy groups -OCH3 is 1. The Kier molecular flexibility index (Phi) is 6.64. The Labute approximate surface area is 184 Å². The molecule has 4 rings (SSSR count). The van der Waals surface area contributed by atoms with Gasteiger partial charge in [0.2, 0.25) is 11.7 Å². The van der Waals surface area contributed by atoms with Crippen molar-refractivity contribution in [2.45, 2.75) is 17.2 Å². The van der Waals surface area contributed by atoms with E-state index in [2.05, 4.69) is 27.6 Å². The predicted octanol–water partition coefficient (Wildman–Crippen LogP) is 4.97. The second kappa shape index (κ2) is 9.95. The summed E-state index contributed by atoms with van der Waals surface area (Å²) < 4.78 is 10.5. The average molecular weight is 432 g/mol. The Morgan fingerprint density at radius 3 is 2.61 bits per heavy atom. The molecule has 31 heavy (non-hydrogen) atoms. The van der Waals surface area contributed by atoms with E-state index >= 15 is 0 Å². The number of hydrogen-bond acceptors (Lipinski definition) is 6. The smallest absolute Gasteiger partial charge is 0.251 e. The summed E-state index contributed by atoms with van der Waals surface area (Å²) in [6, 6.07) is 25.2. The van der Waals surface area contributed by atoms with Gasteiger partial charge in [0.1, 0.15) is 5.75 Å². The zero-order valence-corrected chi connectivity index (χ0v) is 17.8. The summed E-state index contributed by atoms with van der Waals surface area (Å²) in [4.78, 5) is 18.0. The Balaban J connectivity index is 1.31. The molecular formula is C24H21N3O3S. The minimum absolute atomic E-state index is 0.154. The van der Waals surface area contributed by atoms with Crippen LogP contribution in [-0.4, -0.2) is 23.2 Å². The third-order valence-electron chi connectivity index (χ3n) is 4.56. The largest absolute Gasteiger partial charge is 0.497 e.